The second-order valence-corrected chi connectivity index (χ2v) is 4.80. The first kappa shape index (κ1) is 15.6. The predicted molar refractivity (Wildman–Crippen MR) is 68.7 cm³/mol. The lowest BCUT2D eigenvalue weighted by Crippen LogP contribution is -2.37. The van der Waals surface area contributed by atoms with Crippen LogP contribution in [-0.4, -0.2) is 18.0 Å². The Kier molecular flexibility index (Phi) is 8.54. The summed E-state index contributed by atoms with van der Waals surface area (Å²) in [7, 11) is 0. The van der Waals surface area contributed by atoms with Gasteiger partial charge in [0.05, 0.1) is 0 Å². The van der Waals surface area contributed by atoms with Gasteiger partial charge in [0, 0.05) is 6.61 Å². The lowest BCUT2D eigenvalue weighted by Gasteiger charge is -2.27. The molecule has 0 aliphatic heterocycles. The van der Waals surface area contributed by atoms with E-state index < -0.39 is 5.60 Å². The van der Waals surface area contributed by atoms with E-state index in [-0.39, 0.29) is 5.78 Å². The van der Waals surface area contributed by atoms with Gasteiger partial charge in [0.1, 0.15) is 5.60 Å². The van der Waals surface area contributed by atoms with Crippen LogP contribution in [0.5, 0.6) is 0 Å². The van der Waals surface area contributed by atoms with E-state index in [1.54, 1.807) is 6.92 Å². The van der Waals surface area contributed by atoms with Gasteiger partial charge >= 0.3 is 0 Å². The van der Waals surface area contributed by atoms with Gasteiger partial charge in [-0.15, -0.1) is 0 Å². The third kappa shape index (κ3) is 6.26. The zero-order valence-electron chi connectivity index (χ0n) is 11.5. The molecule has 1 unspecified atom stereocenters. The Balaban J connectivity index is 3.88. The molecule has 0 rings (SSSR count). The monoisotopic (exact) mass is 228 g/mol. The molecule has 0 aromatic heterocycles. The van der Waals surface area contributed by atoms with Gasteiger partial charge in [0.15, 0.2) is 5.78 Å². The van der Waals surface area contributed by atoms with Crippen LogP contribution in [0.1, 0.15) is 72.6 Å². The number of ketones is 1. The summed E-state index contributed by atoms with van der Waals surface area (Å²) in [6.45, 7) is 8.55. The SMILES string of the molecule is CCCCCCCC(C)(OCCC)C(C)=O. The minimum absolute atomic E-state index is 0.163. The first-order valence-electron chi connectivity index (χ1n) is 6.71. The van der Waals surface area contributed by atoms with Crippen LogP contribution in [0.3, 0.4) is 0 Å². The Morgan fingerprint density at radius 2 is 1.69 bits per heavy atom. The van der Waals surface area contributed by atoms with Crippen molar-refractivity contribution in [2.24, 2.45) is 0 Å². The molecule has 96 valence electrons. The standard InChI is InChI=1S/C14H28O2/c1-5-7-8-9-10-11-14(4,13(3)15)16-12-6-2/h5-12H2,1-4H3. The average Bonchev–Trinajstić information content (AvgIpc) is 2.26. The summed E-state index contributed by atoms with van der Waals surface area (Å²) in [6.07, 6.45) is 7.98. The van der Waals surface area contributed by atoms with Gasteiger partial charge in [0.25, 0.3) is 0 Å². The molecule has 0 aliphatic carbocycles. The summed E-state index contributed by atoms with van der Waals surface area (Å²) in [5.74, 6) is 0.163. The van der Waals surface area contributed by atoms with Gasteiger partial charge in [-0.25, -0.2) is 0 Å². The molecule has 0 heterocycles. The largest absolute Gasteiger partial charge is 0.368 e. The molecule has 0 saturated heterocycles. The molecule has 0 radical (unpaired) electrons. The number of carbonyl (C=O) groups excluding carboxylic acids is 1. The number of rotatable bonds is 10. The Labute approximate surface area is 101 Å². The third-order valence-electron chi connectivity index (χ3n) is 3.13. The molecule has 0 saturated carbocycles. The van der Waals surface area contributed by atoms with Gasteiger partial charge < -0.3 is 4.74 Å². The number of carbonyl (C=O) groups is 1. The van der Waals surface area contributed by atoms with E-state index in [0.717, 1.165) is 19.3 Å². The van der Waals surface area contributed by atoms with E-state index in [1.165, 1.54) is 25.7 Å². The zero-order valence-corrected chi connectivity index (χ0v) is 11.5. The van der Waals surface area contributed by atoms with Crippen molar-refractivity contribution in [3.8, 4) is 0 Å². The van der Waals surface area contributed by atoms with E-state index in [4.69, 9.17) is 4.74 Å². The topological polar surface area (TPSA) is 26.3 Å². The highest BCUT2D eigenvalue weighted by molar-refractivity contribution is 5.84. The van der Waals surface area contributed by atoms with Crippen LogP contribution in [0, 0.1) is 0 Å². The summed E-state index contributed by atoms with van der Waals surface area (Å²) >= 11 is 0. The molecule has 0 spiro atoms. The molecule has 0 aromatic rings. The summed E-state index contributed by atoms with van der Waals surface area (Å²) in [4.78, 5) is 11.6. The van der Waals surface area contributed by atoms with Crippen LogP contribution in [0.2, 0.25) is 0 Å². The Hall–Kier alpha value is -0.370. The van der Waals surface area contributed by atoms with E-state index in [1.807, 2.05) is 6.92 Å². The molecule has 0 amide bonds. The number of Topliss-reactive ketones (excluding diaryl/α,β-unsaturated/α-hetero) is 1. The highest BCUT2D eigenvalue weighted by atomic mass is 16.5. The summed E-state index contributed by atoms with van der Waals surface area (Å²) in [6, 6.07) is 0. The van der Waals surface area contributed by atoms with Crippen LogP contribution < -0.4 is 0 Å². The van der Waals surface area contributed by atoms with Crippen LogP contribution in [0.4, 0.5) is 0 Å². The van der Waals surface area contributed by atoms with Gasteiger partial charge in [0.2, 0.25) is 0 Å². The van der Waals surface area contributed by atoms with Crippen molar-refractivity contribution < 1.29 is 9.53 Å². The van der Waals surface area contributed by atoms with E-state index >= 15 is 0 Å². The van der Waals surface area contributed by atoms with Crippen molar-refractivity contribution in [1.29, 1.82) is 0 Å². The van der Waals surface area contributed by atoms with E-state index in [0.29, 0.717) is 6.61 Å². The minimum Gasteiger partial charge on any atom is -0.368 e. The van der Waals surface area contributed by atoms with Gasteiger partial charge in [-0.05, 0) is 26.7 Å². The normalized spacial score (nSPS) is 14.8. The number of ether oxygens (including phenoxy) is 1. The Morgan fingerprint density at radius 1 is 1.06 bits per heavy atom. The molecule has 2 heteroatoms. The van der Waals surface area contributed by atoms with Gasteiger partial charge in [-0.2, -0.15) is 0 Å². The summed E-state index contributed by atoms with van der Waals surface area (Å²) in [5.41, 5.74) is -0.539. The molecular weight excluding hydrogens is 200 g/mol. The van der Waals surface area contributed by atoms with Crippen molar-refractivity contribution in [1.82, 2.24) is 0 Å². The summed E-state index contributed by atoms with van der Waals surface area (Å²) in [5, 5.41) is 0. The van der Waals surface area contributed by atoms with Crippen LogP contribution in [0.15, 0.2) is 0 Å². The fourth-order valence-electron chi connectivity index (χ4n) is 1.74. The Morgan fingerprint density at radius 3 is 2.19 bits per heavy atom. The molecule has 16 heavy (non-hydrogen) atoms. The maximum absolute atomic E-state index is 11.6. The first-order valence-corrected chi connectivity index (χ1v) is 6.71. The lowest BCUT2D eigenvalue weighted by atomic mass is 9.93. The van der Waals surface area contributed by atoms with Crippen molar-refractivity contribution in [2.45, 2.75) is 78.2 Å². The molecule has 0 aliphatic rings. The van der Waals surface area contributed by atoms with Crippen molar-refractivity contribution >= 4 is 5.78 Å². The van der Waals surface area contributed by atoms with Crippen molar-refractivity contribution in [3.63, 3.8) is 0 Å². The van der Waals surface area contributed by atoms with E-state index in [9.17, 15) is 4.79 Å². The second-order valence-electron chi connectivity index (χ2n) is 4.80. The average molecular weight is 228 g/mol. The predicted octanol–water partition coefficient (Wildman–Crippen LogP) is 4.12. The van der Waals surface area contributed by atoms with E-state index in [2.05, 4.69) is 13.8 Å². The van der Waals surface area contributed by atoms with Crippen LogP contribution in [0.25, 0.3) is 0 Å². The highest BCUT2D eigenvalue weighted by Crippen LogP contribution is 2.21. The highest BCUT2D eigenvalue weighted by Gasteiger charge is 2.29. The van der Waals surface area contributed by atoms with Crippen molar-refractivity contribution in [3.05, 3.63) is 0 Å². The minimum atomic E-state index is -0.539. The molecule has 2 nitrogen and oxygen atoms in total. The number of hydrogen-bond acceptors (Lipinski definition) is 2. The van der Waals surface area contributed by atoms with Gasteiger partial charge in [-0.3, -0.25) is 4.79 Å². The fraction of sp³-hybridized carbons (Fsp3) is 0.929. The maximum Gasteiger partial charge on any atom is 0.161 e. The summed E-state index contributed by atoms with van der Waals surface area (Å²) < 4.78 is 5.70. The molecule has 0 aromatic carbocycles. The maximum atomic E-state index is 11.6. The smallest absolute Gasteiger partial charge is 0.161 e. The number of hydrogen-bond donors (Lipinski definition) is 0. The third-order valence-corrected chi connectivity index (χ3v) is 3.13. The molecule has 1 atom stereocenters. The van der Waals surface area contributed by atoms with Gasteiger partial charge in [-0.1, -0.05) is 46.0 Å². The first-order chi connectivity index (χ1) is 7.56. The molecule has 0 fully saturated rings. The van der Waals surface area contributed by atoms with Crippen LogP contribution in [-0.2, 0) is 9.53 Å². The zero-order chi connectivity index (χ0) is 12.4. The van der Waals surface area contributed by atoms with Crippen molar-refractivity contribution in [2.75, 3.05) is 6.61 Å². The fourth-order valence-corrected chi connectivity index (χ4v) is 1.74. The quantitative estimate of drug-likeness (QED) is 0.526. The van der Waals surface area contributed by atoms with Crippen LogP contribution >= 0.6 is 0 Å². The molecular formula is C14H28O2. The molecule has 0 N–H and O–H groups in total. The second kappa shape index (κ2) is 8.74. The Bertz CT molecular complexity index is 189. The molecule has 0 bridgehead atoms. The lowest BCUT2D eigenvalue weighted by molar-refractivity contribution is -0.141. The number of unbranched alkanes of at least 4 members (excludes halogenated alkanes) is 4.